The molecule has 0 saturated carbocycles. The Hall–Kier alpha value is -3.15. The highest BCUT2D eigenvalue weighted by Crippen LogP contribution is 2.18. The summed E-state index contributed by atoms with van der Waals surface area (Å²) in [5, 5.41) is 3.65. The first kappa shape index (κ1) is 26.5. The van der Waals surface area contributed by atoms with Crippen molar-refractivity contribution in [2.45, 2.75) is 38.8 Å². The average Bonchev–Trinajstić information content (AvgIpc) is 2.88. The number of amides is 2. The maximum absolute atomic E-state index is 13.6. The number of nitrogens with one attached hydrogen (secondary N) is 1. The zero-order chi connectivity index (χ0) is 24.9. The Morgan fingerprint density at radius 2 is 1.51 bits per heavy atom. The predicted octanol–water partition coefficient (Wildman–Crippen LogP) is 5.07. The van der Waals surface area contributed by atoms with Crippen LogP contribution in [0.2, 0.25) is 5.02 Å². The van der Waals surface area contributed by atoms with Crippen molar-refractivity contribution in [1.29, 1.82) is 0 Å². The van der Waals surface area contributed by atoms with Crippen LogP contribution < -0.4 is 5.32 Å². The second kappa shape index (κ2) is 14.3. The molecule has 0 unspecified atom stereocenters. The van der Waals surface area contributed by atoms with Gasteiger partial charge in [0.1, 0.15) is 6.04 Å². The Labute approximate surface area is 213 Å². The maximum Gasteiger partial charge on any atom is 0.243 e. The maximum atomic E-state index is 13.6. The summed E-state index contributed by atoms with van der Waals surface area (Å²) in [7, 11) is 0. The van der Waals surface area contributed by atoms with E-state index in [0.717, 1.165) is 16.7 Å². The topological polar surface area (TPSA) is 58.6 Å². The van der Waals surface area contributed by atoms with Crippen molar-refractivity contribution in [2.24, 2.45) is 0 Å². The highest BCUT2D eigenvalue weighted by molar-refractivity contribution is 6.30. The van der Waals surface area contributed by atoms with Gasteiger partial charge in [0.15, 0.2) is 0 Å². The lowest BCUT2D eigenvalue weighted by Gasteiger charge is -2.31. The summed E-state index contributed by atoms with van der Waals surface area (Å²) in [6.07, 6.45) is 1.36. The fourth-order valence-electron chi connectivity index (χ4n) is 3.86. The van der Waals surface area contributed by atoms with E-state index < -0.39 is 6.04 Å². The Morgan fingerprint density at radius 3 is 2.14 bits per heavy atom. The van der Waals surface area contributed by atoms with Gasteiger partial charge in [0.05, 0.1) is 6.42 Å². The van der Waals surface area contributed by atoms with Gasteiger partial charge < -0.3 is 15.0 Å². The van der Waals surface area contributed by atoms with Gasteiger partial charge in [0, 0.05) is 37.7 Å². The molecular formula is C29H33ClN2O3. The van der Waals surface area contributed by atoms with E-state index in [0.29, 0.717) is 44.2 Å². The molecule has 1 atom stereocenters. The number of hydrogen-bond acceptors (Lipinski definition) is 3. The Morgan fingerprint density at radius 1 is 0.886 bits per heavy atom. The van der Waals surface area contributed by atoms with Crippen LogP contribution in [-0.4, -0.2) is 42.5 Å². The van der Waals surface area contributed by atoms with Crippen molar-refractivity contribution in [3.8, 4) is 0 Å². The monoisotopic (exact) mass is 492 g/mol. The zero-order valence-corrected chi connectivity index (χ0v) is 20.9. The van der Waals surface area contributed by atoms with Crippen molar-refractivity contribution < 1.29 is 14.3 Å². The molecule has 0 aliphatic rings. The molecule has 0 bridgehead atoms. The molecule has 1 N–H and O–H groups in total. The molecule has 0 aliphatic carbocycles. The van der Waals surface area contributed by atoms with Gasteiger partial charge in [-0.1, -0.05) is 84.4 Å². The summed E-state index contributed by atoms with van der Waals surface area (Å²) < 4.78 is 5.39. The third kappa shape index (κ3) is 8.85. The predicted molar refractivity (Wildman–Crippen MR) is 140 cm³/mol. The molecule has 0 saturated heterocycles. The van der Waals surface area contributed by atoms with Crippen molar-refractivity contribution >= 4 is 23.4 Å². The van der Waals surface area contributed by atoms with Crippen molar-refractivity contribution in [3.05, 3.63) is 107 Å². The van der Waals surface area contributed by atoms with Gasteiger partial charge in [0.25, 0.3) is 0 Å². The first-order valence-electron chi connectivity index (χ1n) is 12.0. The SMILES string of the molecule is CCOCCCNC(=O)[C@H](Cc1ccccc1)N(Cc1ccc(Cl)cc1)C(=O)Cc1ccccc1. The minimum Gasteiger partial charge on any atom is -0.382 e. The summed E-state index contributed by atoms with van der Waals surface area (Å²) in [6.45, 7) is 3.98. The van der Waals surface area contributed by atoms with E-state index in [-0.39, 0.29) is 18.2 Å². The number of hydrogen-bond donors (Lipinski definition) is 1. The van der Waals surface area contributed by atoms with Crippen LogP contribution in [0.3, 0.4) is 0 Å². The molecule has 3 aromatic rings. The van der Waals surface area contributed by atoms with Crippen molar-refractivity contribution in [3.63, 3.8) is 0 Å². The summed E-state index contributed by atoms with van der Waals surface area (Å²) >= 11 is 6.08. The molecule has 5 nitrogen and oxygen atoms in total. The van der Waals surface area contributed by atoms with Gasteiger partial charge >= 0.3 is 0 Å². The average molecular weight is 493 g/mol. The number of benzene rings is 3. The second-order valence-electron chi connectivity index (χ2n) is 8.36. The van der Waals surface area contributed by atoms with Gasteiger partial charge in [0.2, 0.25) is 11.8 Å². The van der Waals surface area contributed by atoms with Gasteiger partial charge in [-0.2, -0.15) is 0 Å². The lowest BCUT2D eigenvalue weighted by molar-refractivity contribution is -0.140. The van der Waals surface area contributed by atoms with Crippen LogP contribution in [0.4, 0.5) is 0 Å². The molecule has 0 aliphatic heterocycles. The van der Waals surface area contributed by atoms with Gasteiger partial charge in [-0.3, -0.25) is 9.59 Å². The van der Waals surface area contributed by atoms with E-state index in [1.807, 2.05) is 79.7 Å². The first-order valence-corrected chi connectivity index (χ1v) is 12.4. The van der Waals surface area contributed by atoms with E-state index >= 15 is 0 Å². The molecule has 6 heteroatoms. The van der Waals surface area contributed by atoms with Crippen LogP contribution in [-0.2, 0) is 33.7 Å². The largest absolute Gasteiger partial charge is 0.382 e. The minimum atomic E-state index is -0.656. The number of carbonyl (C=O) groups excluding carboxylic acids is 2. The van der Waals surface area contributed by atoms with E-state index in [2.05, 4.69) is 5.32 Å². The molecular weight excluding hydrogens is 460 g/mol. The van der Waals surface area contributed by atoms with Gasteiger partial charge in [-0.15, -0.1) is 0 Å². The molecule has 184 valence electrons. The van der Waals surface area contributed by atoms with Crippen molar-refractivity contribution in [2.75, 3.05) is 19.8 Å². The van der Waals surface area contributed by atoms with Crippen LogP contribution in [0.5, 0.6) is 0 Å². The molecule has 0 spiro atoms. The number of nitrogens with zero attached hydrogens (tertiary/aromatic N) is 1. The first-order chi connectivity index (χ1) is 17.1. The molecule has 35 heavy (non-hydrogen) atoms. The third-order valence-electron chi connectivity index (χ3n) is 5.70. The molecule has 2 amide bonds. The smallest absolute Gasteiger partial charge is 0.243 e. The summed E-state index contributed by atoms with van der Waals surface area (Å²) in [4.78, 5) is 28.8. The van der Waals surface area contributed by atoms with E-state index in [1.165, 1.54) is 0 Å². The lowest BCUT2D eigenvalue weighted by Crippen LogP contribution is -2.51. The zero-order valence-electron chi connectivity index (χ0n) is 20.2. The number of halogens is 1. The van der Waals surface area contributed by atoms with E-state index in [9.17, 15) is 9.59 Å². The highest BCUT2D eigenvalue weighted by atomic mass is 35.5. The summed E-state index contributed by atoms with van der Waals surface area (Å²) in [5.74, 6) is -0.266. The Balaban J connectivity index is 1.86. The third-order valence-corrected chi connectivity index (χ3v) is 5.96. The van der Waals surface area contributed by atoms with Crippen LogP contribution in [0.15, 0.2) is 84.9 Å². The molecule has 0 heterocycles. The van der Waals surface area contributed by atoms with Crippen LogP contribution in [0.25, 0.3) is 0 Å². The molecule has 0 fully saturated rings. The van der Waals surface area contributed by atoms with Gasteiger partial charge in [-0.05, 0) is 42.2 Å². The number of carbonyl (C=O) groups is 2. The van der Waals surface area contributed by atoms with Crippen LogP contribution >= 0.6 is 11.6 Å². The number of rotatable bonds is 13. The fraction of sp³-hybridized carbons (Fsp3) is 0.310. The van der Waals surface area contributed by atoms with E-state index in [1.54, 1.807) is 17.0 Å². The standard InChI is InChI=1S/C29H33ClN2O3/c1-2-35-19-9-18-31-29(34)27(20-23-10-5-3-6-11-23)32(22-25-14-16-26(30)17-15-25)28(33)21-24-12-7-4-8-13-24/h3-8,10-17,27H,2,9,18-22H2,1H3,(H,31,34)/t27-/m0/s1. The Kier molecular flexibility index (Phi) is 10.8. The quantitative estimate of drug-likeness (QED) is 0.339. The molecule has 3 rings (SSSR count). The van der Waals surface area contributed by atoms with Crippen molar-refractivity contribution in [1.82, 2.24) is 10.2 Å². The fourth-order valence-corrected chi connectivity index (χ4v) is 3.99. The minimum absolute atomic E-state index is 0.100. The molecule has 0 aromatic heterocycles. The highest BCUT2D eigenvalue weighted by Gasteiger charge is 2.30. The second-order valence-corrected chi connectivity index (χ2v) is 8.79. The number of ether oxygens (including phenoxy) is 1. The Bertz CT molecular complexity index is 1040. The molecule has 0 radical (unpaired) electrons. The van der Waals surface area contributed by atoms with Crippen LogP contribution in [0, 0.1) is 0 Å². The molecule has 3 aromatic carbocycles. The normalized spacial score (nSPS) is 11.6. The lowest BCUT2D eigenvalue weighted by atomic mass is 10.0. The van der Waals surface area contributed by atoms with Gasteiger partial charge in [-0.25, -0.2) is 0 Å². The summed E-state index contributed by atoms with van der Waals surface area (Å²) in [6, 6.07) is 26.2. The van der Waals surface area contributed by atoms with Crippen LogP contribution in [0.1, 0.15) is 30.0 Å². The summed E-state index contributed by atoms with van der Waals surface area (Å²) in [5.41, 5.74) is 2.82. The van der Waals surface area contributed by atoms with E-state index in [4.69, 9.17) is 16.3 Å².